The lowest BCUT2D eigenvalue weighted by Gasteiger charge is -2.14. The summed E-state index contributed by atoms with van der Waals surface area (Å²) < 4.78 is 5.29. The predicted molar refractivity (Wildman–Crippen MR) is 82.6 cm³/mol. The van der Waals surface area contributed by atoms with E-state index in [0.717, 1.165) is 44.5 Å². The Balaban J connectivity index is 1.38. The molecule has 0 spiro atoms. The van der Waals surface area contributed by atoms with E-state index < -0.39 is 0 Å². The molecule has 0 radical (unpaired) electrons. The largest absolute Gasteiger partial charge is 0.360 e. The van der Waals surface area contributed by atoms with Crippen molar-refractivity contribution in [3.63, 3.8) is 0 Å². The summed E-state index contributed by atoms with van der Waals surface area (Å²) >= 11 is 0. The number of aromatic nitrogens is 1. The highest BCUT2D eigenvalue weighted by Crippen LogP contribution is 2.40. The van der Waals surface area contributed by atoms with Crippen LogP contribution in [0.3, 0.4) is 0 Å². The minimum Gasteiger partial charge on any atom is -0.360 e. The Bertz CT molecular complexity index is 661. The molecule has 114 valence electrons. The minimum absolute atomic E-state index is 0.0196. The monoisotopic (exact) mass is 296 g/mol. The molecule has 1 aromatic carbocycles. The Kier molecular flexibility index (Phi) is 3.45. The molecule has 4 rings (SSSR count). The molecule has 2 aromatic rings. The van der Waals surface area contributed by atoms with Crippen LogP contribution in [0.2, 0.25) is 0 Å². The van der Waals surface area contributed by atoms with E-state index in [9.17, 15) is 4.79 Å². The van der Waals surface area contributed by atoms with E-state index in [-0.39, 0.29) is 5.91 Å². The Labute approximate surface area is 130 Å². The smallest absolute Gasteiger partial charge is 0.276 e. The van der Waals surface area contributed by atoms with E-state index in [2.05, 4.69) is 29.4 Å². The van der Waals surface area contributed by atoms with Crippen molar-refractivity contribution in [3.8, 4) is 0 Å². The second-order valence-electron chi connectivity index (χ2n) is 6.48. The van der Waals surface area contributed by atoms with Gasteiger partial charge in [-0.25, -0.2) is 0 Å². The van der Waals surface area contributed by atoms with Crippen LogP contribution in [0.25, 0.3) is 0 Å². The van der Waals surface area contributed by atoms with Crippen LogP contribution in [-0.4, -0.2) is 29.1 Å². The molecule has 4 heteroatoms. The average molecular weight is 296 g/mol. The van der Waals surface area contributed by atoms with Crippen LogP contribution < -0.4 is 0 Å². The van der Waals surface area contributed by atoms with Gasteiger partial charge in [0.05, 0.1) is 0 Å². The van der Waals surface area contributed by atoms with E-state index >= 15 is 0 Å². The number of nitrogens with zero attached hydrogens (tertiary/aromatic N) is 2. The van der Waals surface area contributed by atoms with Gasteiger partial charge in [0.1, 0.15) is 5.76 Å². The minimum atomic E-state index is 0.0196. The highest BCUT2D eigenvalue weighted by atomic mass is 16.5. The number of amides is 1. The molecule has 1 aliphatic heterocycles. The highest BCUT2D eigenvalue weighted by Gasteiger charge is 2.32. The summed E-state index contributed by atoms with van der Waals surface area (Å²) in [5, 5.41) is 3.96. The quantitative estimate of drug-likeness (QED) is 0.870. The van der Waals surface area contributed by atoms with Gasteiger partial charge in [-0.1, -0.05) is 35.5 Å². The highest BCUT2D eigenvalue weighted by molar-refractivity contribution is 5.92. The first-order valence-corrected chi connectivity index (χ1v) is 8.09. The summed E-state index contributed by atoms with van der Waals surface area (Å²) in [7, 11) is 0. The number of benzene rings is 1. The first-order valence-electron chi connectivity index (χ1n) is 8.09. The normalized spacial score (nSPS) is 21.3. The van der Waals surface area contributed by atoms with Crippen LogP contribution in [0.15, 0.2) is 40.9 Å². The van der Waals surface area contributed by atoms with Crippen LogP contribution in [0.5, 0.6) is 0 Å². The Morgan fingerprint density at radius 2 is 2.05 bits per heavy atom. The van der Waals surface area contributed by atoms with Crippen molar-refractivity contribution in [1.29, 1.82) is 0 Å². The van der Waals surface area contributed by atoms with Gasteiger partial charge in [-0.15, -0.1) is 0 Å². The van der Waals surface area contributed by atoms with Crippen molar-refractivity contribution < 1.29 is 9.32 Å². The summed E-state index contributed by atoms with van der Waals surface area (Å²) in [5.74, 6) is 1.94. The summed E-state index contributed by atoms with van der Waals surface area (Å²) in [6.45, 7) is 1.64. The molecule has 0 bridgehead atoms. The van der Waals surface area contributed by atoms with E-state index in [1.807, 2.05) is 17.0 Å². The van der Waals surface area contributed by atoms with Gasteiger partial charge < -0.3 is 9.42 Å². The van der Waals surface area contributed by atoms with Gasteiger partial charge in [0.2, 0.25) is 0 Å². The fourth-order valence-electron chi connectivity index (χ4n) is 3.24. The van der Waals surface area contributed by atoms with E-state index in [4.69, 9.17) is 4.52 Å². The van der Waals surface area contributed by atoms with Crippen LogP contribution >= 0.6 is 0 Å². The van der Waals surface area contributed by atoms with Crippen molar-refractivity contribution in [3.05, 3.63) is 53.4 Å². The van der Waals surface area contributed by atoms with E-state index in [1.54, 1.807) is 0 Å². The molecule has 2 aliphatic rings. The van der Waals surface area contributed by atoms with Crippen molar-refractivity contribution in [2.45, 2.75) is 31.6 Å². The standard InChI is InChI=1S/C18H20N2O2/c21-18(16-11-17(22-19-16)15-6-7-15)20-9-8-14(12-20)10-13-4-2-1-3-5-13/h1-5,11,14-15H,6-10,12H2/t14-/m0/s1. The zero-order chi connectivity index (χ0) is 14.9. The molecule has 22 heavy (non-hydrogen) atoms. The Morgan fingerprint density at radius 3 is 2.82 bits per heavy atom. The molecule has 0 unspecified atom stereocenters. The molecule has 0 N–H and O–H groups in total. The second-order valence-corrected chi connectivity index (χ2v) is 6.48. The molecule has 1 aromatic heterocycles. The van der Waals surface area contributed by atoms with Gasteiger partial charge in [-0.05, 0) is 37.2 Å². The molecular formula is C18H20N2O2. The Morgan fingerprint density at radius 1 is 1.23 bits per heavy atom. The molecule has 1 saturated carbocycles. The first kappa shape index (κ1) is 13.6. The number of hydrogen-bond donors (Lipinski definition) is 0. The molecule has 2 fully saturated rings. The third kappa shape index (κ3) is 2.78. The number of hydrogen-bond acceptors (Lipinski definition) is 3. The maximum Gasteiger partial charge on any atom is 0.276 e. The maximum absolute atomic E-state index is 12.5. The molecule has 1 saturated heterocycles. The van der Waals surface area contributed by atoms with Crippen molar-refractivity contribution >= 4 is 5.91 Å². The third-order valence-corrected chi connectivity index (χ3v) is 4.67. The zero-order valence-electron chi connectivity index (χ0n) is 12.6. The number of carbonyl (C=O) groups excluding carboxylic acids is 1. The molecule has 1 amide bonds. The Hall–Kier alpha value is -2.10. The van der Waals surface area contributed by atoms with Gasteiger partial charge in [0.15, 0.2) is 5.69 Å². The number of likely N-dealkylation sites (tertiary alicyclic amines) is 1. The van der Waals surface area contributed by atoms with Gasteiger partial charge in [-0.3, -0.25) is 4.79 Å². The van der Waals surface area contributed by atoms with Crippen LogP contribution in [-0.2, 0) is 6.42 Å². The predicted octanol–water partition coefficient (Wildman–Crippen LogP) is 3.26. The second kappa shape index (κ2) is 5.59. The maximum atomic E-state index is 12.5. The lowest BCUT2D eigenvalue weighted by Crippen LogP contribution is -2.29. The van der Waals surface area contributed by atoms with Crippen molar-refractivity contribution in [1.82, 2.24) is 10.1 Å². The third-order valence-electron chi connectivity index (χ3n) is 4.67. The molecule has 4 nitrogen and oxygen atoms in total. The molecule has 1 atom stereocenters. The number of carbonyl (C=O) groups is 1. The van der Waals surface area contributed by atoms with Crippen LogP contribution in [0, 0.1) is 5.92 Å². The summed E-state index contributed by atoms with van der Waals surface area (Å²) in [6, 6.07) is 12.3. The lowest BCUT2D eigenvalue weighted by atomic mass is 9.99. The SMILES string of the molecule is O=C(c1cc(C2CC2)on1)N1CC[C@@H](Cc2ccccc2)C1. The average Bonchev–Trinajstić information content (AvgIpc) is 3.10. The fraction of sp³-hybridized carbons (Fsp3) is 0.444. The fourth-order valence-corrected chi connectivity index (χ4v) is 3.24. The van der Waals surface area contributed by atoms with Crippen LogP contribution in [0.1, 0.15) is 47.0 Å². The first-order chi connectivity index (χ1) is 10.8. The van der Waals surface area contributed by atoms with Gasteiger partial charge in [-0.2, -0.15) is 0 Å². The summed E-state index contributed by atoms with van der Waals surface area (Å²) in [4.78, 5) is 14.4. The van der Waals surface area contributed by atoms with Crippen molar-refractivity contribution in [2.24, 2.45) is 5.92 Å². The summed E-state index contributed by atoms with van der Waals surface area (Å²) in [6.07, 6.45) is 4.42. The molecule has 1 aliphatic carbocycles. The van der Waals surface area contributed by atoms with Gasteiger partial charge in [0.25, 0.3) is 5.91 Å². The van der Waals surface area contributed by atoms with Crippen molar-refractivity contribution in [2.75, 3.05) is 13.1 Å². The lowest BCUT2D eigenvalue weighted by molar-refractivity contribution is 0.0776. The zero-order valence-corrected chi connectivity index (χ0v) is 12.6. The van der Waals surface area contributed by atoms with Gasteiger partial charge >= 0.3 is 0 Å². The van der Waals surface area contributed by atoms with E-state index in [0.29, 0.717) is 17.5 Å². The van der Waals surface area contributed by atoms with E-state index in [1.165, 1.54) is 5.56 Å². The molecular weight excluding hydrogens is 276 g/mol. The summed E-state index contributed by atoms with van der Waals surface area (Å²) in [5.41, 5.74) is 1.82. The topological polar surface area (TPSA) is 46.3 Å². The molecule has 2 heterocycles. The number of rotatable bonds is 4. The van der Waals surface area contributed by atoms with Crippen LogP contribution in [0.4, 0.5) is 0 Å². The van der Waals surface area contributed by atoms with Gasteiger partial charge in [0, 0.05) is 25.1 Å².